The standard InChI is InChI=1S/C14H13BrF3NO2/c1-19-12(20)7-8-2-3-9(6-10(8)13(19)21)11(15)4-5-14(16,17)18/h2-3,6,11H,4-5,7H2,1H3. The Hall–Kier alpha value is -1.37. The van der Waals surface area contributed by atoms with Gasteiger partial charge < -0.3 is 0 Å². The fourth-order valence-corrected chi connectivity index (χ4v) is 2.69. The summed E-state index contributed by atoms with van der Waals surface area (Å²) in [6.45, 7) is 0. The van der Waals surface area contributed by atoms with E-state index in [2.05, 4.69) is 15.9 Å². The lowest BCUT2D eigenvalue weighted by Gasteiger charge is -2.24. The highest BCUT2D eigenvalue weighted by molar-refractivity contribution is 9.09. The van der Waals surface area contributed by atoms with Crippen LogP contribution < -0.4 is 0 Å². The summed E-state index contributed by atoms with van der Waals surface area (Å²) in [5.74, 6) is -0.702. The number of imide groups is 1. The van der Waals surface area contributed by atoms with Crippen molar-refractivity contribution in [2.45, 2.75) is 30.3 Å². The third-order valence-corrected chi connectivity index (χ3v) is 4.41. The van der Waals surface area contributed by atoms with Crippen LogP contribution in [0.25, 0.3) is 0 Å². The minimum absolute atomic E-state index is 0.106. The average Bonchev–Trinajstić information content (AvgIpc) is 2.41. The molecular weight excluding hydrogens is 351 g/mol. The van der Waals surface area contributed by atoms with Crippen molar-refractivity contribution < 1.29 is 22.8 Å². The maximum absolute atomic E-state index is 12.2. The van der Waals surface area contributed by atoms with Crippen LogP contribution in [0.15, 0.2) is 18.2 Å². The summed E-state index contributed by atoms with van der Waals surface area (Å²) in [6, 6.07) is 4.85. The van der Waals surface area contributed by atoms with Gasteiger partial charge in [0, 0.05) is 23.9 Å². The molecular formula is C14H13BrF3NO2. The number of nitrogens with zero attached hydrogens (tertiary/aromatic N) is 1. The van der Waals surface area contributed by atoms with E-state index < -0.39 is 23.3 Å². The van der Waals surface area contributed by atoms with E-state index in [1.54, 1.807) is 18.2 Å². The Morgan fingerprint density at radius 1 is 1.33 bits per heavy atom. The molecule has 0 saturated heterocycles. The number of carbonyl (C=O) groups excluding carboxylic acids is 2. The van der Waals surface area contributed by atoms with E-state index in [1.807, 2.05) is 0 Å². The Balaban J connectivity index is 2.21. The van der Waals surface area contributed by atoms with Crippen molar-refractivity contribution in [3.05, 3.63) is 34.9 Å². The van der Waals surface area contributed by atoms with E-state index in [4.69, 9.17) is 0 Å². The van der Waals surface area contributed by atoms with Gasteiger partial charge in [0.25, 0.3) is 5.91 Å². The fourth-order valence-electron chi connectivity index (χ4n) is 2.17. The van der Waals surface area contributed by atoms with Crippen LogP contribution >= 0.6 is 15.9 Å². The van der Waals surface area contributed by atoms with Gasteiger partial charge in [-0.2, -0.15) is 13.2 Å². The first-order valence-electron chi connectivity index (χ1n) is 6.33. The van der Waals surface area contributed by atoms with Gasteiger partial charge in [-0.3, -0.25) is 14.5 Å². The topological polar surface area (TPSA) is 37.4 Å². The van der Waals surface area contributed by atoms with Crippen molar-refractivity contribution in [3.8, 4) is 0 Å². The van der Waals surface area contributed by atoms with Crippen LogP contribution in [0.4, 0.5) is 13.2 Å². The summed E-state index contributed by atoms with van der Waals surface area (Å²) >= 11 is 3.22. The van der Waals surface area contributed by atoms with Gasteiger partial charge >= 0.3 is 6.18 Å². The molecule has 1 aromatic carbocycles. The summed E-state index contributed by atoms with van der Waals surface area (Å²) < 4.78 is 36.7. The maximum Gasteiger partial charge on any atom is 0.389 e. The lowest BCUT2D eigenvalue weighted by Crippen LogP contribution is -2.39. The molecule has 21 heavy (non-hydrogen) atoms. The lowest BCUT2D eigenvalue weighted by molar-refractivity contribution is -0.135. The zero-order valence-electron chi connectivity index (χ0n) is 11.2. The molecule has 0 saturated carbocycles. The van der Waals surface area contributed by atoms with Gasteiger partial charge in [-0.1, -0.05) is 28.1 Å². The Labute approximate surface area is 128 Å². The first-order valence-corrected chi connectivity index (χ1v) is 7.25. The van der Waals surface area contributed by atoms with E-state index in [0.717, 1.165) is 4.90 Å². The predicted octanol–water partition coefficient (Wildman–Crippen LogP) is 3.62. The summed E-state index contributed by atoms with van der Waals surface area (Å²) in [7, 11) is 1.40. The maximum atomic E-state index is 12.2. The minimum atomic E-state index is -4.21. The van der Waals surface area contributed by atoms with Gasteiger partial charge in [0.15, 0.2) is 0 Å². The van der Waals surface area contributed by atoms with E-state index in [0.29, 0.717) is 16.7 Å². The minimum Gasteiger partial charge on any atom is -0.281 e. The van der Waals surface area contributed by atoms with Crippen molar-refractivity contribution in [1.82, 2.24) is 4.90 Å². The summed E-state index contributed by atoms with van der Waals surface area (Å²) in [5, 5.41) is 0. The number of halogens is 4. The molecule has 2 amide bonds. The third kappa shape index (κ3) is 3.64. The lowest BCUT2D eigenvalue weighted by atomic mass is 9.95. The van der Waals surface area contributed by atoms with Crippen molar-refractivity contribution in [1.29, 1.82) is 0 Å². The molecule has 1 aliphatic rings. The molecule has 0 aromatic heterocycles. The SMILES string of the molecule is CN1C(=O)Cc2ccc(C(Br)CCC(F)(F)F)cc2C1=O. The number of fused-ring (bicyclic) bond motifs is 1. The third-order valence-electron chi connectivity index (χ3n) is 3.43. The second-order valence-electron chi connectivity index (χ2n) is 4.97. The Bertz CT molecular complexity index is 586. The van der Waals surface area contributed by atoms with Gasteiger partial charge in [-0.25, -0.2) is 0 Å². The molecule has 0 spiro atoms. The molecule has 0 bridgehead atoms. The molecule has 1 heterocycles. The highest BCUT2D eigenvalue weighted by Gasteiger charge is 2.30. The van der Waals surface area contributed by atoms with Crippen molar-refractivity contribution in [2.75, 3.05) is 7.05 Å². The second kappa shape index (κ2) is 5.79. The van der Waals surface area contributed by atoms with E-state index >= 15 is 0 Å². The van der Waals surface area contributed by atoms with E-state index in [-0.39, 0.29) is 18.7 Å². The van der Waals surface area contributed by atoms with E-state index in [1.165, 1.54) is 7.05 Å². The summed E-state index contributed by atoms with van der Waals surface area (Å²) in [4.78, 5) is 24.1. The van der Waals surface area contributed by atoms with Gasteiger partial charge in [0.05, 0.1) is 6.42 Å². The molecule has 0 fully saturated rings. The number of likely N-dealkylation sites (N-methyl/N-ethyl adjacent to an activating group) is 1. The number of benzene rings is 1. The molecule has 1 unspecified atom stereocenters. The van der Waals surface area contributed by atoms with Gasteiger partial charge in [0.1, 0.15) is 0 Å². The summed E-state index contributed by atoms with van der Waals surface area (Å²) in [5.41, 5.74) is 1.60. The van der Waals surface area contributed by atoms with Crippen molar-refractivity contribution >= 4 is 27.7 Å². The molecule has 2 rings (SSSR count). The fraction of sp³-hybridized carbons (Fsp3) is 0.429. The second-order valence-corrected chi connectivity index (χ2v) is 6.08. The molecule has 1 atom stereocenters. The monoisotopic (exact) mass is 363 g/mol. The normalized spacial score (nSPS) is 16.9. The molecule has 0 aliphatic carbocycles. The molecule has 1 aliphatic heterocycles. The van der Waals surface area contributed by atoms with Crippen LogP contribution in [0, 0.1) is 0 Å². The molecule has 7 heteroatoms. The van der Waals surface area contributed by atoms with Crippen molar-refractivity contribution in [3.63, 3.8) is 0 Å². The van der Waals surface area contributed by atoms with Crippen molar-refractivity contribution in [2.24, 2.45) is 0 Å². The quantitative estimate of drug-likeness (QED) is 0.607. The zero-order valence-corrected chi connectivity index (χ0v) is 12.8. The number of amides is 2. The molecule has 3 nitrogen and oxygen atoms in total. The smallest absolute Gasteiger partial charge is 0.281 e. The van der Waals surface area contributed by atoms with E-state index in [9.17, 15) is 22.8 Å². The van der Waals surface area contributed by atoms with Gasteiger partial charge in [0.2, 0.25) is 5.91 Å². The van der Waals surface area contributed by atoms with Crippen LogP contribution in [0.3, 0.4) is 0 Å². The predicted molar refractivity (Wildman–Crippen MR) is 74.2 cm³/mol. The first-order chi connectivity index (χ1) is 9.69. The highest BCUT2D eigenvalue weighted by atomic mass is 79.9. The highest BCUT2D eigenvalue weighted by Crippen LogP contribution is 2.34. The van der Waals surface area contributed by atoms with Crippen LogP contribution in [0.1, 0.15) is 39.2 Å². The van der Waals surface area contributed by atoms with Gasteiger partial charge in [-0.15, -0.1) is 0 Å². The molecule has 1 aromatic rings. The number of hydrogen-bond acceptors (Lipinski definition) is 2. The largest absolute Gasteiger partial charge is 0.389 e. The number of hydrogen-bond donors (Lipinski definition) is 0. The number of rotatable bonds is 3. The molecule has 0 N–H and O–H groups in total. The number of carbonyl (C=O) groups is 2. The molecule has 0 radical (unpaired) electrons. The van der Waals surface area contributed by atoms with Crippen LogP contribution in [-0.2, 0) is 11.2 Å². The Morgan fingerprint density at radius 2 is 2.00 bits per heavy atom. The number of alkyl halides is 4. The van der Waals surface area contributed by atoms with Crippen LogP contribution in [0.2, 0.25) is 0 Å². The molecule has 114 valence electrons. The summed E-state index contributed by atoms with van der Waals surface area (Å²) in [6.07, 6.45) is -5.08. The van der Waals surface area contributed by atoms with Crippen LogP contribution in [-0.4, -0.2) is 29.9 Å². The zero-order chi connectivity index (χ0) is 15.8. The average molecular weight is 364 g/mol. The first kappa shape index (κ1) is 16.0. The Morgan fingerprint density at radius 3 is 2.62 bits per heavy atom. The van der Waals surface area contributed by atoms with Crippen LogP contribution in [0.5, 0.6) is 0 Å². The Kier molecular flexibility index (Phi) is 4.41. The van der Waals surface area contributed by atoms with Gasteiger partial charge in [-0.05, 0) is 23.6 Å².